The monoisotopic (exact) mass is 274 g/mol. The van der Waals surface area contributed by atoms with E-state index >= 15 is 0 Å². The van der Waals surface area contributed by atoms with Crippen molar-refractivity contribution in [1.29, 1.82) is 0 Å². The minimum atomic E-state index is -0.375. The lowest BCUT2D eigenvalue weighted by atomic mass is 10.1. The van der Waals surface area contributed by atoms with E-state index in [1.807, 2.05) is 26.0 Å². The van der Waals surface area contributed by atoms with E-state index in [-0.39, 0.29) is 5.82 Å². The molecule has 4 heteroatoms. The molecule has 2 aromatic carbocycles. The molecule has 1 heterocycles. The van der Waals surface area contributed by atoms with Crippen LogP contribution in [-0.4, -0.2) is 9.97 Å². The van der Waals surface area contributed by atoms with Crippen molar-refractivity contribution < 1.29 is 4.39 Å². The molecule has 0 saturated heterocycles. The zero-order chi connectivity index (χ0) is 13.6. The standard InChI is InChI=1S/C15H12ClFN2/c1-8-6-12-13(7-9(8)2)19-15(18-12)14-10(16)4-3-5-11(14)17/h3-7H,1-2H3,(H,18,19). The Morgan fingerprint density at radius 1 is 1.16 bits per heavy atom. The third kappa shape index (κ3) is 2.00. The average molecular weight is 275 g/mol. The van der Waals surface area contributed by atoms with E-state index in [9.17, 15) is 4.39 Å². The maximum atomic E-state index is 13.9. The van der Waals surface area contributed by atoms with Gasteiger partial charge >= 0.3 is 0 Å². The number of aromatic nitrogens is 2. The summed E-state index contributed by atoms with van der Waals surface area (Å²) in [5.41, 5.74) is 4.35. The van der Waals surface area contributed by atoms with Gasteiger partial charge in [0.05, 0.1) is 21.6 Å². The molecule has 3 aromatic rings. The highest BCUT2D eigenvalue weighted by Crippen LogP contribution is 2.30. The van der Waals surface area contributed by atoms with Gasteiger partial charge in [0.2, 0.25) is 0 Å². The Hall–Kier alpha value is -1.87. The summed E-state index contributed by atoms with van der Waals surface area (Å²) in [7, 11) is 0. The molecule has 0 fully saturated rings. The van der Waals surface area contributed by atoms with Crippen LogP contribution < -0.4 is 0 Å². The van der Waals surface area contributed by atoms with Crippen molar-refractivity contribution in [3.8, 4) is 11.4 Å². The fourth-order valence-corrected chi connectivity index (χ4v) is 2.36. The number of aryl methyl sites for hydroxylation is 2. The van der Waals surface area contributed by atoms with Gasteiger partial charge in [-0.2, -0.15) is 0 Å². The van der Waals surface area contributed by atoms with Crippen LogP contribution in [0.2, 0.25) is 5.02 Å². The highest BCUT2D eigenvalue weighted by Gasteiger charge is 2.14. The normalized spacial score (nSPS) is 11.2. The van der Waals surface area contributed by atoms with Crippen molar-refractivity contribution in [1.82, 2.24) is 9.97 Å². The second-order valence-corrected chi connectivity index (χ2v) is 5.04. The average Bonchev–Trinajstić information content (AvgIpc) is 2.72. The number of hydrogen-bond donors (Lipinski definition) is 1. The molecule has 0 radical (unpaired) electrons. The van der Waals surface area contributed by atoms with Gasteiger partial charge in [0.15, 0.2) is 0 Å². The smallest absolute Gasteiger partial charge is 0.142 e. The first-order chi connectivity index (χ1) is 9.06. The van der Waals surface area contributed by atoms with Crippen molar-refractivity contribution in [2.24, 2.45) is 0 Å². The van der Waals surface area contributed by atoms with Gasteiger partial charge in [0.25, 0.3) is 0 Å². The highest BCUT2D eigenvalue weighted by atomic mass is 35.5. The summed E-state index contributed by atoms with van der Waals surface area (Å²) in [6.07, 6.45) is 0. The van der Waals surface area contributed by atoms with E-state index in [0.717, 1.165) is 16.6 Å². The highest BCUT2D eigenvalue weighted by molar-refractivity contribution is 6.33. The summed E-state index contributed by atoms with van der Waals surface area (Å²) in [4.78, 5) is 7.55. The number of rotatable bonds is 1. The number of H-pyrrole nitrogens is 1. The number of halogens is 2. The lowest BCUT2D eigenvalue weighted by Gasteiger charge is -2.01. The van der Waals surface area contributed by atoms with Gasteiger partial charge in [-0.25, -0.2) is 9.37 Å². The van der Waals surface area contributed by atoms with E-state index < -0.39 is 0 Å². The molecule has 0 atom stereocenters. The minimum Gasteiger partial charge on any atom is -0.338 e. The molecule has 0 spiro atoms. The van der Waals surface area contributed by atoms with Crippen molar-refractivity contribution in [2.75, 3.05) is 0 Å². The van der Waals surface area contributed by atoms with Crippen LogP contribution in [0.4, 0.5) is 4.39 Å². The van der Waals surface area contributed by atoms with Crippen LogP contribution in [-0.2, 0) is 0 Å². The summed E-state index contributed by atoms with van der Waals surface area (Å²) >= 11 is 6.05. The Morgan fingerprint density at radius 3 is 2.63 bits per heavy atom. The summed E-state index contributed by atoms with van der Waals surface area (Å²) in [5.74, 6) is 0.0862. The lowest BCUT2D eigenvalue weighted by molar-refractivity contribution is 0.630. The van der Waals surface area contributed by atoms with Crippen molar-refractivity contribution in [3.63, 3.8) is 0 Å². The maximum Gasteiger partial charge on any atom is 0.142 e. The molecule has 19 heavy (non-hydrogen) atoms. The summed E-state index contributed by atoms with van der Waals surface area (Å²) in [6.45, 7) is 4.06. The van der Waals surface area contributed by atoms with Crippen LogP contribution in [0.5, 0.6) is 0 Å². The Morgan fingerprint density at radius 2 is 1.89 bits per heavy atom. The second-order valence-electron chi connectivity index (χ2n) is 4.64. The van der Waals surface area contributed by atoms with E-state index in [1.54, 1.807) is 12.1 Å². The van der Waals surface area contributed by atoms with Gasteiger partial charge in [0.1, 0.15) is 11.6 Å². The Kier molecular flexibility index (Phi) is 2.79. The largest absolute Gasteiger partial charge is 0.338 e. The zero-order valence-electron chi connectivity index (χ0n) is 10.6. The molecule has 0 aliphatic carbocycles. The van der Waals surface area contributed by atoms with Gasteiger partial charge in [-0.15, -0.1) is 0 Å². The van der Waals surface area contributed by atoms with Crippen LogP contribution in [0.15, 0.2) is 30.3 Å². The molecule has 0 aliphatic heterocycles. The number of nitrogens with one attached hydrogen (secondary N) is 1. The van der Waals surface area contributed by atoms with Gasteiger partial charge in [-0.1, -0.05) is 17.7 Å². The molecule has 0 unspecified atom stereocenters. The first-order valence-corrected chi connectivity index (χ1v) is 6.35. The fourth-order valence-electron chi connectivity index (χ4n) is 2.11. The molecule has 2 nitrogen and oxygen atoms in total. The molecule has 0 amide bonds. The summed E-state index contributed by atoms with van der Waals surface area (Å²) < 4.78 is 13.9. The second kappa shape index (κ2) is 4.35. The van der Waals surface area contributed by atoms with Gasteiger partial charge in [-0.05, 0) is 49.2 Å². The molecule has 0 aliphatic rings. The number of fused-ring (bicyclic) bond motifs is 1. The number of benzene rings is 2. The van der Waals surface area contributed by atoms with Crippen molar-refractivity contribution in [3.05, 3.63) is 52.3 Å². The van der Waals surface area contributed by atoms with Crippen molar-refractivity contribution in [2.45, 2.75) is 13.8 Å². The molecular formula is C15H12ClFN2. The molecular weight excluding hydrogens is 263 g/mol. The van der Waals surface area contributed by atoms with E-state index in [0.29, 0.717) is 16.4 Å². The third-order valence-electron chi connectivity index (χ3n) is 3.30. The summed E-state index contributed by atoms with van der Waals surface area (Å²) in [5, 5.41) is 0.354. The Labute approximate surface area is 115 Å². The van der Waals surface area contributed by atoms with E-state index in [2.05, 4.69) is 9.97 Å². The molecule has 1 aromatic heterocycles. The van der Waals surface area contributed by atoms with Gasteiger partial charge in [0, 0.05) is 0 Å². The predicted octanol–water partition coefficient (Wildman–Crippen LogP) is 4.64. The Bertz CT molecular complexity index is 718. The Balaban J connectivity index is 2.26. The quantitative estimate of drug-likeness (QED) is 0.688. The number of aromatic amines is 1. The van der Waals surface area contributed by atoms with Gasteiger partial charge in [-0.3, -0.25) is 0 Å². The fraction of sp³-hybridized carbons (Fsp3) is 0.133. The predicted molar refractivity (Wildman–Crippen MR) is 76.0 cm³/mol. The molecule has 0 saturated carbocycles. The van der Waals surface area contributed by atoms with E-state index in [4.69, 9.17) is 11.6 Å². The first kappa shape index (κ1) is 12.2. The van der Waals surface area contributed by atoms with Crippen LogP contribution in [0.1, 0.15) is 11.1 Å². The van der Waals surface area contributed by atoms with Crippen LogP contribution >= 0.6 is 11.6 Å². The molecule has 3 rings (SSSR count). The molecule has 96 valence electrons. The van der Waals surface area contributed by atoms with Crippen molar-refractivity contribution >= 4 is 22.6 Å². The molecule has 1 N–H and O–H groups in total. The van der Waals surface area contributed by atoms with Crippen LogP contribution in [0.25, 0.3) is 22.4 Å². The van der Waals surface area contributed by atoms with E-state index in [1.165, 1.54) is 11.6 Å². The lowest BCUT2D eigenvalue weighted by Crippen LogP contribution is -1.87. The minimum absolute atomic E-state index is 0.315. The maximum absolute atomic E-state index is 13.9. The topological polar surface area (TPSA) is 28.7 Å². The van der Waals surface area contributed by atoms with Gasteiger partial charge < -0.3 is 4.98 Å². The zero-order valence-corrected chi connectivity index (χ0v) is 11.3. The number of imidazole rings is 1. The first-order valence-electron chi connectivity index (χ1n) is 5.97. The van der Waals surface area contributed by atoms with Crippen LogP contribution in [0, 0.1) is 19.7 Å². The van der Waals surface area contributed by atoms with Crippen LogP contribution in [0.3, 0.4) is 0 Å². The number of nitrogens with zero attached hydrogens (tertiary/aromatic N) is 1. The molecule has 0 bridgehead atoms. The third-order valence-corrected chi connectivity index (χ3v) is 3.61. The summed E-state index contributed by atoms with van der Waals surface area (Å²) in [6, 6.07) is 8.61. The number of hydrogen-bond acceptors (Lipinski definition) is 1. The SMILES string of the molecule is Cc1cc2nc(-c3c(F)cccc3Cl)[nH]c2cc1C.